The van der Waals surface area contributed by atoms with Crippen molar-refractivity contribution in [2.75, 3.05) is 17.2 Å². The molecule has 0 saturated heterocycles. The lowest BCUT2D eigenvalue weighted by atomic mass is 10.1. The monoisotopic (exact) mass is 353 g/mol. The molecule has 2 aliphatic heterocycles. The first-order chi connectivity index (χ1) is 10.8. The third kappa shape index (κ3) is 3.23. The Labute approximate surface area is 140 Å². The summed E-state index contributed by atoms with van der Waals surface area (Å²) in [6.07, 6.45) is 0. The second-order valence-electron chi connectivity index (χ2n) is 6.10. The van der Waals surface area contributed by atoms with Crippen molar-refractivity contribution in [2.45, 2.75) is 31.7 Å². The van der Waals surface area contributed by atoms with Gasteiger partial charge in [-0.3, -0.25) is 4.79 Å². The van der Waals surface area contributed by atoms with Crippen molar-refractivity contribution in [3.05, 3.63) is 23.8 Å². The molecule has 2 heterocycles. The molecule has 124 valence electrons. The van der Waals surface area contributed by atoms with Gasteiger partial charge < -0.3 is 10.2 Å². The third-order valence-corrected chi connectivity index (χ3v) is 6.40. The standard InChI is InChI=1S/C15H19N3O3S2/c1-9(2)10(3)16-14(19)11-4-5-12-13(8-11)22-15-17-23(20,21)7-6-18(12)15/h4-5,8-10H,6-7H2,1-3H3,(H,16,19)/t10-/m1/s1. The fraction of sp³-hybridized carbons (Fsp3) is 0.467. The highest BCUT2D eigenvalue weighted by Gasteiger charge is 2.33. The number of amidine groups is 1. The molecule has 0 bridgehead atoms. The van der Waals surface area contributed by atoms with Crippen LogP contribution in [0.3, 0.4) is 0 Å². The van der Waals surface area contributed by atoms with Crippen molar-refractivity contribution >= 4 is 38.5 Å². The van der Waals surface area contributed by atoms with Gasteiger partial charge in [0.15, 0.2) is 5.17 Å². The second kappa shape index (κ2) is 5.83. The van der Waals surface area contributed by atoms with Gasteiger partial charge in [-0.15, -0.1) is 4.40 Å². The summed E-state index contributed by atoms with van der Waals surface area (Å²) in [6, 6.07) is 5.52. The molecule has 0 radical (unpaired) electrons. The number of carbonyl (C=O) groups excluding carboxylic acids is 1. The highest BCUT2D eigenvalue weighted by molar-refractivity contribution is 8.15. The molecule has 1 amide bonds. The van der Waals surface area contributed by atoms with E-state index in [1.807, 2.05) is 17.9 Å². The Morgan fingerprint density at radius 2 is 2.09 bits per heavy atom. The zero-order valence-corrected chi connectivity index (χ0v) is 14.9. The molecule has 3 rings (SSSR count). The van der Waals surface area contributed by atoms with Crippen LogP contribution < -0.4 is 10.2 Å². The Bertz CT molecular complexity index is 787. The number of hydrogen-bond donors (Lipinski definition) is 1. The predicted octanol–water partition coefficient (Wildman–Crippen LogP) is 2.07. The zero-order chi connectivity index (χ0) is 16.8. The van der Waals surface area contributed by atoms with E-state index in [4.69, 9.17) is 0 Å². The van der Waals surface area contributed by atoms with Gasteiger partial charge >= 0.3 is 0 Å². The van der Waals surface area contributed by atoms with Gasteiger partial charge in [0.1, 0.15) is 0 Å². The van der Waals surface area contributed by atoms with E-state index in [2.05, 4.69) is 23.6 Å². The molecule has 23 heavy (non-hydrogen) atoms. The number of hydrogen-bond acceptors (Lipinski definition) is 5. The Morgan fingerprint density at radius 3 is 2.78 bits per heavy atom. The van der Waals surface area contributed by atoms with Crippen molar-refractivity contribution < 1.29 is 13.2 Å². The van der Waals surface area contributed by atoms with E-state index in [-0.39, 0.29) is 17.7 Å². The predicted molar refractivity (Wildman–Crippen MR) is 92.6 cm³/mol. The average molecular weight is 353 g/mol. The van der Waals surface area contributed by atoms with Crippen LogP contribution in [0.4, 0.5) is 5.69 Å². The van der Waals surface area contributed by atoms with Gasteiger partial charge in [0.25, 0.3) is 15.9 Å². The number of rotatable bonds is 3. The molecular formula is C15H19N3O3S2. The van der Waals surface area contributed by atoms with Gasteiger partial charge in [0, 0.05) is 23.0 Å². The summed E-state index contributed by atoms with van der Waals surface area (Å²) in [7, 11) is -3.36. The van der Waals surface area contributed by atoms with Crippen molar-refractivity contribution in [3.63, 3.8) is 0 Å². The van der Waals surface area contributed by atoms with E-state index in [1.165, 1.54) is 11.8 Å². The van der Waals surface area contributed by atoms with E-state index in [9.17, 15) is 13.2 Å². The third-order valence-electron chi connectivity index (χ3n) is 4.09. The number of amides is 1. The maximum Gasteiger partial charge on any atom is 0.257 e. The fourth-order valence-electron chi connectivity index (χ4n) is 2.33. The lowest BCUT2D eigenvalue weighted by molar-refractivity contribution is 0.0930. The summed E-state index contributed by atoms with van der Waals surface area (Å²) in [5.41, 5.74) is 1.49. The topological polar surface area (TPSA) is 78.8 Å². The van der Waals surface area contributed by atoms with Crippen molar-refractivity contribution in [3.8, 4) is 0 Å². The van der Waals surface area contributed by atoms with Crippen molar-refractivity contribution in [2.24, 2.45) is 10.3 Å². The van der Waals surface area contributed by atoms with Gasteiger partial charge in [-0.1, -0.05) is 13.8 Å². The van der Waals surface area contributed by atoms with Gasteiger partial charge in [0.05, 0.1) is 11.4 Å². The zero-order valence-electron chi connectivity index (χ0n) is 13.2. The first-order valence-electron chi connectivity index (χ1n) is 7.50. The molecule has 0 aliphatic carbocycles. The minimum atomic E-state index is -3.36. The van der Waals surface area contributed by atoms with E-state index in [1.54, 1.807) is 12.1 Å². The van der Waals surface area contributed by atoms with Gasteiger partial charge in [0.2, 0.25) is 0 Å². The molecule has 0 unspecified atom stereocenters. The SMILES string of the molecule is CC(C)[C@@H](C)NC(=O)c1ccc2c(c1)SC1=NS(=O)(=O)CCN12. The second-order valence-corrected chi connectivity index (χ2v) is 8.87. The van der Waals surface area contributed by atoms with Crippen LogP contribution in [0.1, 0.15) is 31.1 Å². The molecule has 1 N–H and O–H groups in total. The summed E-state index contributed by atoms with van der Waals surface area (Å²) in [5, 5.41) is 3.45. The number of nitrogens with zero attached hydrogens (tertiary/aromatic N) is 2. The molecule has 0 aromatic heterocycles. The van der Waals surface area contributed by atoms with Crippen LogP contribution >= 0.6 is 11.8 Å². The van der Waals surface area contributed by atoms with Gasteiger partial charge in [-0.05, 0) is 42.8 Å². The van der Waals surface area contributed by atoms with Crippen LogP contribution in [0.2, 0.25) is 0 Å². The lowest BCUT2D eigenvalue weighted by Crippen LogP contribution is -2.36. The van der Waals surface area contributed by atoms with Gasteiger partial charge in [-0.25, -0.2) is 8.42 Å². The summed E-state index contributed by atoms with van der Waals surface area (Å²) in [5.74, 6) is 0.260. The van der Waals surface area contributed by atoms with Crippen LogP contribution in [0.5, 0.6) is 0 Å². The van der Waals surface area contributed by atoms with E-state index in [0.717, 1.165) is 10.6 Å². The summed E-state index contributed by atoms with van der Waals surface area (Å²) in [4.78, 5) is 15.1. The fourth-order valence-corrected chi connectivity index (χ4v) is 4.62. The van der Waals surface area contributed by atoms with Crippen LogP contribution in [-0.4, -0.2) is 37.8 Å². The Balaban J connectivity index is 1.85. The molecule has 0 spiro atoms. The average Bonchev–Trinajstić information content (AvgIpc) is 2.81. The number of thioether (sulfide) groups is 1. The number of nitrogens with one attached hydrogen (secondary N) is 1. The van der Waals surface area contributed by atoms with Crippen LogP contribution in [0, 0.1) is 5.92 Å². The normalized spacial score (nSPS) is 19.8. The first-order valence-corrected chi connectivity index (χ1v) is 9.92. The van der Waals surface area contributed by atoms with Crippen LogP contribution in [-0.2, 0) is 10.0 Å². The molecule has 1 aromatic carbocycles. The quantitative estimate of drug-likeness (QED) is 0.900. The molecule has 2 aliphatic rings. The van der Waals surface area contributed by atoms with Crippen molar-refractivity contribution in [1.82, 2.24) is 5.32 Å². The highest BCUT2D eigenvalue weighted by atomic mass is 32.2. The molecule has 0 saturated carbocycles. The van der Waals surface area contributed by atoms with Crippen LogP contribution in [0.25, 0.3) is 0 Å². The number of benzene rings is 1. The first kappa shape index (κ1) is 16.3. The lowest BCUT2D eigenvalue weighted by Gasteiger charge is -2.22. The maximum atomic E-state index is 12.3. The molecule has 1 aromatic rings. The summed E-state index contributed by atoms with van der Waals surface area (Å²) < 4.78 is 27.0. The number of anilines is 1. The highest BCUT2D eigenvalue weighted by Crippen LogP contribution is 2.42. The number of sulfonamides is 1. The molecular weight excluding hydrogens is 334 g/mol. The number of fused-ring (bicyclic) bond motifs is 3. The largest absolute Gasteiger partial charge is 0.349 e. The van der Waals surface area contributed by atoms with Crippen molar-refractivity contribution in [1.29, 1.82) is 0 Å². The Morgan fingerprint density at radius 1 is 1.35 bits per heavy atom. The molecule has 6 nitrogen and oxygen atoms in total. The van der Waals surface area contributed by atoms with E-state index >= 15 is 0 Å². The van der Waals surface area contributed by atoms with E-state index < -0.39 is 10.0 Å². The Kier molecular flexibility index (Phi) is 4.14. The smallest absolute Gasteiger partial charge is 0.257 e. The molecule has 8 heteroatoms. The summed E-state index contributed by atoms with van der Waals surface area (Å²) >= 11 is 1.30. The maximum absolute atomic E-state index is 12.3. The Hall–Kier alpha value is -1.54. The van der Waals surface area contributed by atoms with E-state index in [0.29, 0.717) is 23.2 Å². The molecule has 1 atom stereocenters. The minimum absolute atomic E-state index is 0.0185. The summed E-state index contributed by atoms with van der Waals surface area (Å²) in [6.45, 7) is 6.49. The minimum Gasteiger partial charge on any atom is -0.349 e. The number of carbonyl (C=O) groups is 1. The van der Waals surface area contributed by atoms with Crippen LogP contribution in [0.15, 0.2) is 27.5 Å². The van der Waals surface area contributed by atoms with Gasteiger partial charge in [-0.2, -0.15) is 0 Å². The molecule has 0 fully saturated rings.